The highest BCUT2D eigenvalue weighted by atomic mass is 16.6. The van der Waals surface area contributed by atoms with Crippen molar-refractivity contribution < 1.29 is 19.5 Å². The highest BCUT2D eigenvalue weighted by Crippen LogP contribution is 2.46. The van der Waals surface area contributed by atoms with Crippen molar-refractivity contribution in [2.75, 3.05) is 20.2 Å². The lowest BCUT2D eigenvalue weighted by atomic mass is 10.0. The molecule has 2 unspecified atom stereocenters. The Kier molecular flexibility index (Phi) is 7.42. The van der Waals surface area contributed by atoms with Crippen molar-refractivity contribution in [2.45, 2.75) is 43.8 Å². The second-order valence-corrected chi connectivity index (χ2v) is 8.77. The predicted octanol–water partition coefficient (Wildman–Crippen LogP) is 3.88. The second kappa shape index (κ2) is 10.6. The third-order valence-electron chi connectivity index (χ3n) is 6.50. The Balaban J connectivity index is 1.31. The smallest absolute Gasteiger partial charge is 0.407 e. The van der Waals surface area contributed by atoms with Crippen molar-refractivity contribution in [1.29, 1.82) is 0 Å². The van der Waals surface area contributed by atoms with Crippen molar-refractivity contribution in [3.05, 3.63) is 77.4 Å². The number of likely N-dealkylation sites (tertiary alicyclic amines) is 1. The minimum atomic E-state index is -0.797. The number of nitrogens with zero attached hydrogens (tertiary/aromatic N) is 2. The first-order valence-corrected chi connectivity index (χ1v) is 11.4. The minimum Gasteiger partial charge on any atom is -0.465 e. The van der Waals surface area contributed by atoms with Gasteiger partial charge in [-0.1, -0.05) is 54.6 Å². The maximum atomic E-state index is 12.1. The first-order valence-electron chi connectivity index (χ1n) is 11.4. The lowest BCUT2D eigenvalue weighted by Crippen LogP contribution is -2.48. The number of amides is 2. The number of hydrogen-bond acceptors (Lipinski definition) is 4. The molecule has 1 saturated heterocycles. The zero-order valence-electron chi connectivity index (χ0n) is 18.9. The zero-order chi connectivity index (χ0) is 23.2. The van der Waals surface area contributed by atoms with Gasteiger partial charge in [0, 0.05) is 43.7 Å². The highest BCUT2D eigenvalue weighted by molar-refractivity contribution is 5.90. The Hall–Kier alpha value is -3.16. The summed E-state index contributed by atoms with van der Waals surface area (Å²) in [5.74, 6) is 0.0141. The molecule has 7 nitrogen and oxygen atoms in total. The van der Waals surface area contributed by atoms with Gasteiger partial charge in [0.05, 0.1) is 7.11 Å². The van der Waals surface area contributed by atoms with Crippen LogP contribution in [0.3, 0.4) is 0 Å². The van der Waals surface area contributed by atoms with Crippen molar-refractivity contribution in [3.63, 3.8) is 0 Å². The summed E-state index contributed by atoms with van der Waals surface area (Å²) in [6, 6.07) is 18.5. The van der Waals surface area contributed by atoms with Crippen molar-refractivity contribution in [1.82, 2.24) is 15.3 Å². The molecule has 2 amide bonds. The van der Waals surface area contributed by atoms with Crippen LogP contribution >= 0.6 is 0 Å². The topological polar surface area (TPSA) is 82.1 Å². The van der Waals surface area contributed by atoms with Crippen LogP contribution < -0.4 is 5.48 Å². The van der Waals surface area contributed by atoms with Gasteiger partial charge in [-0.25, -0.2) is 10.3 Å². The van der Waals surface area contributed by atoms with Crippen molar-refractivity contribution in [2.24, 2.45) is 0 Å². The summed E-state index contributed by atoms with van der Waals surface area (Å²) in [6.45, 7) is 2.54. The van der Waals surface area contributed by atoms with Crippen LogP contribution in [0.5, 0.6) is 0 Å². The van der Waals surface area contributed by atoms with Crippen LogP contribution in [0.25, 0.3) is 6.08 Å². The van der Waals surface area contributed by atoms with Gasteiger partial charge in [0.1, 0.15) is 0 Å². The highest BCUT2D eigenvalue weighted by Gasteiger charge is 2.47. The van der Waals surface area contributed by atoms with Crippen LogP contribution in [0, 0.1) is 0 Å². The molecular weight excluding hydrogens is 418 g/mol. The minimum absolute atomic E-state index is 0.0750. The van der Waals surface area contributed by atoms with E-state index in [1.165, 1.54) is 24.3 Å². The Morgan fingerprint density at radius 2 is 1.91 bits per heavy atom. The third kappa shape index (κ3) is 6.00. The first kappa shape index (κ1) is 23.0. The van der Waals surface area contributed by atoms with E-state index < -0.39 is 6.09 Å². The SMILES string of the molecule is CONC(=O)C=Cc1cccc(CN2CCC(N(C(=O)O)C3CC3c3ccccc3)CC2)c1. The number of carbonyl (C=O) groups is 2. The van der Waals surface area contributed by atoms with Gasteiger partial charge in [-0.3, -0.25) is 14.5 Å². The normalized spacial score (nSPS) is 21.1. The molecule has 7 heteroatoms. The van der Waals surface area contributed by atoms with E-state index in [9.17, 15) is 14.7 Å². The molecule has 2 N–H and O–H groups in total. The van der Waals surface area contributed by atoms with Crippen LogP contribution in [0.15, 0.2) is 60.7 Å². The van der Waals surface area contributed by atoms with E-state index in [-0.39, 0.29) is 18.0 Å². The molecule has 1 saturated carbocycles. The predicted molar refractivity (Wildman–Crippen MR) is 126 cm³/mol. The molecule has 1 aliphatic heterocycles. The molecule has 2 atom stereocenters. The number of hydroxylamine groups is 1. The molecule has 174 valence electrons. The van der Waals surface area contributed by atoms with E-state index >= 15 is 0 Å². The maximum absolute atomic E-state index is 12.1. The lowest BCUT2D eigenvalue weighted by Gasteiger charge is -2.37. The summed E-state index contributed by atoms with van der Waals surface area (Å²) in [4.78, 5) is 32.3. The first-order chi connectivity index (χ1) is 16.0. The maximum Gasteiger partial charge on any atom is 0.407 e. The van der Waals surface area contributed by atoms with E-state index in [0.717, 1.165) is 44.5 Å². The van der Waals surface area contributed by atoms with Gasteiger partial charge in [-0.2, -0.15) is 0 Å². The summed E-state index contributed by atoms with van der Waals surface area (Å²) in [5.41, 5.74) is 5.62. The molecule has 1 aliphatic carbocycles. The van der Waals surface area contributed by atoms with Crippen LogP contribution in [-0.4, -0.2) is 59.2 Å². The molecule has 2 aliphatic rings. The Morgan fingerprint density at radius 1 is 1.15 bits per heavy atom. The largest absolute Gasteiger partial charge is 0.465 e. The van der Waals surface area contributed by atoms with E-state index in [1.807, 2.05) is 30.3 Å². The van der Waals surface area contributed by atoms with Gasteiger partial charge in [0.2, 0.25) is 0 Å². The Bertz CT molecular complexity index is 986. The van der Waals surface area contributed by atoms with E-state index in [0.29, 0.717) is 5.92 Å². The summed E-state index contributed by atoms with van der Waals surface area (Å²) in [5, 5.41) is 9.93. The lowest BCUT2D eigenvalue weighted by molar-refractivity contribution is -0.126. The molecule has 4 rings (SSSR count). The number of rotatable bonds is 8. The molecule has 2 fully saturated rings. The summed E-state index contributed by atoms with van der Waals surface area (Å²) < 4.78 is 0. The van der Waals surface area contributed by atoms with Crippen LogP contribution in [0.1, 0.15) is 41.9 Å². The van der Waals surface area contributed by atoms with E-state index in [1.54, 1.807) is 11.0 Å². The van der Waals surface area contributed by atoms with E-state index in [4.69, 9.17) is 0 Å². The van der Waals surface area contributed by atoms with Gasteiger partial charge < -0.3 is 10.0 Å². The summed E-state index contributed by atoms with van der Waals surface area (Å²) in [6.07, 6.45) is 5.01. The average Bonchev–Trinajstić information content (AvgIpc) is 3.60. The van der Waals surface area contributed by atoms with Crippen LogP contribution in [0.2, 0.25) is 0 Å². The van der Waals surface area contributed by atoms with Crippen molar-refractivity contribution >= 4 is 18.1 Å². The second-order valence-electron chi connectivity index (χ2n) is 8.77. The Morgan fingerprint density at radius 3 is 2.61 bits per heavy atom. The molecule has 33 heavy (non-hydrogen) atoms. The van der Waals surface area contributed by atoms with Gasteiger partial charge in [-0.15, -0.1) is 0 Å². The molecule has 2 aromatic carbocycles. The quantitative estimate of drug-likeness (QED) is 0.472. The standard InChI is InChI=1S/C26H31N3O4/c1-33-27-25(30)11-10-19-6-5-7-20(16-19)18-28-14-12-22(13-15-28)29(26(31)32)24-17-23(24)21-8-3-2-4-9-21/h2-11,16,22-24H,12-15,17-18H2,1H3,(H,27,30)(H,31,32). The number of carbonyl (C=O) groups excluding carboxylic acids is 1. The number of piperidine rings is 1. The van der Waals surface area contributed by atoms with Crippen LogP contribution in [-0.2, 0) is 16.2 Å². The fraction of sp³-hybridized carbons (Fsp3) is 0.385. The monoisotopic (exact) mass is 449 g/mol. The van der Waals surface area contributed by atoms with Crippen molar-refractivity contribution in [3.8, 4) is 0 Å². The molecule has 1 heterocycles. The summed E-state index contributed by atoms with van der Waals surface area (Å²) in [7, 11) is 1.40. The number of hydrogen-bond donors (Lipinski definition) is 2. The van der Waals surface area contributed by atoms with Gasteiger partial charge in [0.25, 0.3) is 5.91 Å². The zero-order valence-corrected chi connectivity index (χ0v) is 18.9. The molecule has 0 bridgehead atoms. The van der Waals surface area contributed by atoms with Gasteiger partial charge >= 0.3 is 6.09 Å². The van der Waals surface area contributed by atoms with Gasteiger partial charge in [-0.05, 0) is 42.0 Å². The molecule has 2 aromatic rings. The number of carboxylic acid groups (broad SMARTS) is 1. The molecule has 0 radical (unpaired) electrons. The molecular formula is C26H31N3O4. The summed E-state index contributed by atoms with van der Waals surface area (Å²) >= 11 is 0. The fourth-order valence-electron chi connectivity index (χ4n) is 4.83. The number of nitrogens with one attached hydrogen (secondary N) is 1. The Labute approximate surface area is 194 Å². The third-order valence-corrected chi connectivity index (χ3v) is 6.50. The fourth-order valence-corrected chi connectivity index (χ4v) is 4.83. The average molecular weight is 450 g/mol. The van der Waals surface area contributed by atoms with E-state index in [2.05, 4.69) is 39.5 Å². The molecule has 0 spiro atoms. The van der Waals surface area contributed by atoms with Crippen LogP contribution in [0.4, 0.5) is 4.79 Å². The van der Waals surface area contributed by atoms with Gasteiger partial charge in [0.15, 0.2) is 0 Å². The number of benzene rings is 2. The molecule has 0 aromatic heterocycles.